The van der Waals surface area contributed by atoms with E-state index in [2.05, 4.69) is 46.5 Å². The first-order valence-electron chi connectivity index (χ1n) is 8.18. The predicted octanol–water partition coefficient (Wildman–Crippen LogP) is 2.11. The molecule has 1 heterocycles. The van der Waals surface area contributed by atoms with Gasteiger partial charge in [-0.05, 0) is 24.7 Å². The molecule has 1 aromatic carbocycles. The molecule has 0 bridgehead atoms. The van der Waals surface area contributed by atoms with Gasteiger partial charge < -0.3 is 20.3 Å². The minimum absolute atomic E-state index is 0. The number of para-hydroxylation sites is 1. The van der Waals surface area contributed by atoms with Gasteiger partial charge in [0.05, 0.1) is 6.54 Å². The number of likely N-dealkylation sites (N-methyl/N-ethyl adjacent to an activating group) is 1. The second kappa shape index (κ2) is 10.7. The Morgan fingerprint density at radius 1 is 1.26 bits per heavy atom. The number of halogens is 1. The number of guanidine groups is 1. The van der Waals surface area contributed by atoms with Crippen LogP contribution >= 0.6 is 24.0 Å². The van der Waals surface area contributed by atoms with Crippen molar-refractivity contribution in [2.45, 2.75) is 26.4 Å². The maximum atomic E-state index is 5.93. The van der Waals surface area contributed by atoms with Crippen molar-refractivity contribution in [2.24, 2.45) is 4.99 Å². The molecule has 5 nitrogen and oxygen atoms in total. The Morgan fingerprint density at radius 3 is 2.65 bits per heavy atom. The summed E-state index contributed by atoms with van der Waals surface area (Å²) in [7, 11) is 1.80. The van der Waals surface area contributed by atoms with E-state index in [9.17, 15) is 0 Å². The first kappa shape index (κ1) is 20.0. The molecule has 1 aliphatic rings. The number of hydrogen-bond acceptors (Lipinski definition) is 3. The highest BCUT2D eigenvalue weighted by Gasteiger charge is 2.22. The fourth-order valence-corrected chi connectivity index (χ4v) is 2.67. The average Bonchev–Trinajstić information content (AvgIpc) is 2.97. The van der Waals surface area contributed by atoms with Crippen LogP contribution in [0.5, 0.6) is 5.75 Å². The van der Waals surface area contributed by atoms with Crippen molar-refractivity contribution in [1.29, 1.82) is 0 Å². The van der Waals surface area contributed by atoms with E-state index in [0.717, 1.165) is 50.9 Å². The van der Waals surface area contributed by atoms with Gasteiger partial charge in [0, 0.05) is 26.6 Å². The van der Waals surface area contributed by atoms with Gasteiger partial charge >= 0.3 is 0 Å². The Hall–Kier alpha value is -1.02. The normalized spacial score (nSPS) is 16.5. The van der Waals surface area contributed by atoms with Crippen LogP contribution in [0.25, 0.3) is 0 Å². The highest BCUT2D eigenvalue weighted by molar-refractivity contribution is 14.0. The number of hydrogen-bond donors (Lipinski definition) is 2. The summed E-state index contributed by atoms with van der Waals surface area (Å²) in [5.74, 6) is 1.85. The molecule has 0 saturated heterocycles. The number of ether oxygens (including phenoxy) is 1. The van der Waals surface area contributed by atoms with Crippen molar-refractivity contribution in [2.75, 3.05) is 39.8 Å². The van der Waals surface area contributed by atoms with Crippen molar-refractivity contribution in [3.8, 4) is 5.75 Å². The number of rotatable bonds is 7. The third-order valence-electron chi connectivity index (χ3n) is 4.05. The van der Waals surface area contributed by atoms with E-state index in [1.54, 1.807) is 7.05 Å². The Kier molecular flexibility index (Phi) is 9.31. The molecule has 0 amide bonds. The molecule has 0 radical (unpaired) electrons. The zero-order chi connectivity index (χ0) is 15.8. The molecular weight excluding hydrogens is 403 g/mol. The fourth-order valence-electron chi connectivity index (χ4n) is 2.67. The lowest BCUT2D eigenvalue weighted by Gasteiger charge is -2.20. The number of nitrogens with one attached hydrogen (secondary N) is 2. The van der Waals surface area contributed by atoms with Crippen LogP contribution in [0.15, 0.2) is 29.3 Å². The standard InChI is InChI=1S/C17H28N4O.HI/c1-4-21(5-2)11-10-19-17(18-3)20-13-15-12-14-8-6-7-9-16(14)22-15;/h6-9,15H,4-5,10-13H2,1-3H3,(H2,18,19,20);1H. The van der Waals surface area contributed by atoms with Crippen LogP contribution < -0.4 is 15.4 Å². The molecule has 0 aromatic heterocycles. The summed E-state index contributed by atoms with van der Waals surface area (Å²) in [5, 5.41) is 6.71. The molecule has 0 saturated carbocycles. The largest absolute Gasteiger partial charge is 0.488 e. The molecule has 1 aromatic rings. The van der Waals surface area contributed by atoms with Crippen LogP contribution in [0.1, 0.15) is 19.4 Å². The van der Waals surface area contributed by atoms with Gasteiger partial charge in [-0.1, -0.05) is 32.0 Å². The SMILES string of the molecule is CCN(CC)CCNC(=NC)NCC1Cc2ccccc2O1.I. The van der Waals surface area contributed by atoms with Crippen LogP contribution in [-0.2, 0) is 6.42 Å². The average molecular weight is 432 g/mol. The van der Waals surface area contributed by atoms with Crippen LogP contribution in [0.2, 0.25) is 0 Å². The van der Waals surface area contributed by atoms with Crippen molar-refractivity contribution >= 4 is 29.9 Å². The van der Waals surface area contributed by atoms with Gasteiger partial charge in [0.2, 0.25) is 0 Å². The Labute approximate surface area is 156 Å². The van der Waals surface area contributed by atoms with Gasteiger partial charge in [0.1, 0.15) is 11.9 Å². The first-order valence-corrected chi connectivity index (χ1v) is 8.18. The van der Waals surface area contributed by atoms with E-state index in [1.165, 1.54) is 5.56 Å². The maximum absolute atomic E-state index is 5.93. The van der Waals surface area contributed by atoms with E-state index in [1.807, 2.05) is 12.1 Å². The molecule has 1 aliphatic heterocycles. The molecule has 6 heteroatoms. The number of fused-ring (bicyclic) bond motifs is 1. The quantitative estimate of drug-likeness (QED) is 0.394. The smallest absolute Gasteiger partial charge is 0.191 e. The summed E-state index contributed by atoms with van der Waals surface area (Å²) in [4.78, 5) is 6.65. The summed E-state index contributed by atoms with van der Waals surface area (Å²) < 4.78 is 5.93. The monoisotopic (exact) mass is 432 g/mol. The summed E-state index contributed by atoms with van der Waals surface area (Å²) in [6, 6.07) is 8.24. The summed E-state index contributed by atoms with van der Waals surface area (Å²) >= 11 is 0. The molecule has 2 N–H and O–H groups in total. The Balaban J connectivity index is 0.00000264. The van der Waals surface area contributed by atoms with E-state index < -0.39 is 0 Å². The van der Waals surface area contributed by atoms with Gasteiger partial charge in [-0.25, -0.2) is 0 Å². The van der Waals surface area contributed by atoms with Crippen molar-refractivity contribution in [3.63, 3.8) is 0 Å². The minimum Gasteiger partial charge on any atom is -0.488 e. The van der Waals surface area contributed by atoms with Crippen LogP contribution in [0.4, 0.5) is 0 Å². The third-order valence-corrected chi connectivity index (χ3v) is 4.05. The molecule has 130 valence electrons. The van der Waals surface area contributed by atoms with Gasteiger partial charge in [-0.3, -0.25) is 4.99 Å². The highest BCUT2D eigenvalue weighted by Crippen LogP contribution is 2.27. The zero-order valence-corrected chi connectivity index (χ0v) is 16.7. The van der Waals surface area contributed by atoms with E-state index in [0.29, 0.717) is 0 Å². The Bertz CT molecular complexity index is 466. The first-order chi connectivity index (χ1) is 10.8. The summed E-state index contributed by atoms with van der Waals surface area (Å²) in [5.41, 5.74) is 1.29. The fraction of sp³-hybridized carbons (Fsp3) is 0.588. The molecule has 0 aliphatic carbocycles. The third kappa shape index (κ3) is 6.18. The van der Waals surface area contributed by atoms with Gasteiger partial charge in [0.25, 0.3) is 0 Å². The number of aliphatic imine (C=N–C) groups is 1. The van der Waals surface area contributed by atoms with Crippen molar-refractivity contribution in [3.05, 3.63) is 29.8 Å². The van der Waals surface area contributed by atoms with Gasteiger partial charge in [-0.2, -0.15) is 0 Å². The predicted molar refractivity (Wildman–Crippen MR) is 107 cm³/mol. The highest BCUT2D eigenvalue weighted by atomic mass is 127. The lowest BCUT2D eigenvalue weighted by molar-refractivity contribution is 0.234. The minimum atomic E-state index is 0. The van der Waals surface area contributed by atoms with E-state index in [-0.39, 0.29) is 30.1 Å². The van der Waals surface area contributed by atoms with Gasteiger partial charge in [-0.15, -0.1) is 24.0 Å². The molecular formula is C17H29IN4O. The summed E-state index contributed by atoms with van der Waals surface area (Å²) in [6.07, 6.45) is 1.14. The van der Waals surface area contributed by atoms with Crippen molar-refractivity contribution in [1.82, 2.24) is 15.5 Å². The van der Waals surface area contributed by atoms with E-state index >= 15 is 0 Å². The topological polar surface area (TPSA) is 48.9 Å². The van der Waals surface area contributed by atoms with Crippen LogP contribution in [0.3, 0.4) is 0 Å². The second-order valence-corrected chi connectivity index (χ2v) is 5.46. The number of nitrogens with zero attached hydrogens (tertiary/aromatic N) is 2. The van der Waals surface area contributed by atoms with Crippen LogP contribution in [-0.4, -0.2) is 56.7 Å². The molecule has 2 rings (SSSR count). The zero-order valence-electron chi connectivity index (χ0n) is 14.3. The van der Waals surface area contributed by atoms with Crippen molar-refractivity contribution < 1.29 is 4.74 Å². The van der Waals surface area contributed by atoms with Gasteiger partial charge in [0.15, 0.2) is 5.96 Å². The summed E-state index contributed by atoms with van der Waals surface area (Å²) in [6.45, 7) is 9.22. The molecule has 23 heavy (non-hydrogen) atoms. The molecule has 1 atom stereocenters. The van der Waals surface area contributed by atoms with E-state index in [4.69, 9.17) is 4.74 Å². The molecule has 0 spiro atoms. The lowest BCUT2D eigenvalue weighted by Crippen LogP contribution is -2.44. The number of benzene rings is 1. The second-order valence-electron chi connectivity index (χ2n) is 5.46. The lowest BCUT2D eigenvalue weighted by atomic mass is 10.1. The molecule has 1 unspecified atom stereocenters. The maximum Gasteiger partial charge on any atom is 0.191 e. The van der Waals surface area contributed by atoms with Crippen LogP contribution in [0, 0.1) is 0 Å². The Morgan fingerprint density at radius 2 is 2.00 bits per heavy atom. The molecule has 0 fully saturated rings.